The van der Waals surface area contributed by atoms with Crippen LogP contribution in [0.1, 0.15) is 54.1 Å². The third-order valence-corrected chi connectivity index (χ3v) is 8.92. The number of carboxylic acid groups (broad SMARTS) is 1. The largest absolute Gasteiger partial charge is 0.494 e. The second-order valence-corrected chi connectivity index (χ2v) is 12.6. The van der Waals surface area contributed by atoms with Crippen molar-refractivity contribution in [2.24, 2.45) is 5.11 Å². The first-order chi connectivity index (χ1) is 26.3. The number of halogens is 1. The van der Waals surface area contributed by atoms with E-state index in [2.05, 4.69) is 26.7 Å². The SMILES string of the molecule is COc1ccc([C@H](CC(=O)O)N2CCN(CCCc3nc4c(cc3CNC(=O)CCOCCOCCOCCOCCN=[N+]=[N-])CCCN4)C2=O)cc1F. The van der Waals surface area contributed by atoms with Crippen LogP contribution in [-0.2, 0) is 47.9 Å². The highest BCUT2D eigenvalue weighted by Crippen LogP contribution is 2.31. The van der Waals surface area contributed by atoms with Crippen LogP contribution in [0.2, 0.25) is 0 Å². The van der Waals surface area contributed by atoms with Gasteiger partial charge in [0.15, 0.2) is 11.6 Å². The number of hydrogen-bond donors (Lipinski definition) is 3. The van der Waals surface area contributed by atoms with Gasteiger partial charge < -0.3 is 49.2 Å². The Morgan fingerprint density at radius 1 is 1.07 bits per heavy atom. The summed E-state index contributed by atoms with van der Waals surface area (Å²) in [5.41, 5.74) is 11.4. The molecular formula is C36H51FN8O9. The van der Waals surface area contributed by atoms with E-state index in [9.17, 15) is 23.9 Å². The highest BCUT2D eigenvalue weighted by Gasteiger charge is 2.35. The number of pyridine rings is 1. The molecule has 2 aromatic rings. The predicted octanol–water partition coefficient (Wildman–Crippen LogP) is 3.86. The first-order valence-electron chi connectivity index (χ1n) is 18.3. The van der Waals surface area contributed by atoms with Gasteiger partial charge in [0, 0.05) is 56.3 Å². The number of carboxylic acids is 1. The number of anilines is 1. The number of aliphatic carboxylic acids is 1. The van der Waals surface area contributed by atoms with Crippen molar-refractivity contribution >= 4 is 23.7 Å². The minimum Gasteiger partial charge on any atom is -0.494 e. The molecule has 1 aromatic carbocycles. The maximum absolute atomic E-state index is 14.5. The number of azide groups is 1. The Kier molecular flexibility index (Phi) is 18.0. The lowest BCUT2D eigenvalue weighted by Gasteiger charge is -2.27. The number of nitrogens with zero attached hydrogens (tertiary/aromatic N) is 6. The Labute approximate surface area is 314 Å². The van der Waals surface area contributed by atoms with Crippen molar-refractivity contribution in [1.29, 1.82) is 0 Å². The van der Waals surface area contributed by atoms with Gasteiger partial charge in [-0.05, 0) is 66.1 Å². The van der Waals surface area contributed by atoms with Crippen molar-refractivity contribution in [3.05, 3.63) is 62.9 Å². The lowest BCUT2D eigenvalue weighted by Crippen LogP contribution is -2.36. The maximum Gasteiger partial charge on any atom is 0.320 e. The molecule has 54 heavy (non-hydrogen) atoms. The fourth-order valence-corrected chi connectivity index (χ4v) is 6.20. The van der Waals surface area contributed by atoms with E-state index < -0.39 is 17.8 Å². The summed E-state index contributed by atoms with van der Waals surface area (Å²) in [6, 6.07) is 5.21. The van der Waals surface area contributed by atoms with Crippen LogP contribution in [0.15, 0.2) is 29.4 Å². The lowest BCUT2D eigenvalue weighted by atomic mass is 10.0. The van der Waals surface area contributed by atoms with Gasteiger partial charge in [-0.25, -0.2) is 14.2 Å². The molecule has 0 saturated carbocycles. The van der Waals surface area contributed by atoms with Crippen LogP contribution >= 0.6 is 0 Å². The number of benzene rings is 1. The van der Waals surface area contributed by atoms with Gasteiger partial charge in [0.05, 0.1) is 72.4 Å². The fraction of sp³-hybridized carbons (Fsp3) is 0.611. The van der Waals surface area contributed by atoms with Crippen molar-refractivity contribution in [3.63, 3.8) is 0 Å². The highest BCUT2D eigenvalue weighted by molar-refractivity contribution is 5.78. The number of ether oxygens (including phenoxy) is 5. The maximum atomic E-state index is 14.5. The van der Waals surface area contributed by atoms with Crippen LogP contribution in [-0.4, -0.2) is 130 Å². The normalized spacial score (nSPS) is 14.3. The van der Waals surface area contributed by atoms with Crippen molar-refractivity contribution in [1.82, 2.24) is 20.1 Å². The monoisotopic (exact) mass is 758 g/mol. The van der Waals surface area contributed by atoms with Gasteiger partial charge in [-0.2, -0.15) is 0 Å². The molecule has 1 saturated heterocycles. The molecule has 0 radical (unpaired) electrons. The lowest BCUT2D eigenvalue weighted by molar-refractivity contribution is -0.138. The zero-order chi connectivity index (χ0) is 38.5. The third-order valence-electron chi connectivity index (χ3n) is 8.92. The summed E-state index contributed by atoms with van der Waals surface area (Å²) >= 11 is 0. The molecule has 1 aromatic heterocycles. The summed E-state index contributed by atoms with van der Waals surface area (Å²) in [7, 11) is 1.35. The number of aryl methyl sites for hydroxylation is 2. The van der Waals surface area contributed by atoms with E-state index in [-0.39, 0.29) is 37.1 Å². The molecule has 18 heteroatoms. The van der Waals surface area contributed by atoms with E-state index >= 15 is 0 Å². The summed E-state index contributed by atoms with van der Waals surface area (Å²) in [5.74, 6) is -0.984. The summed E-state index contributed by atoms with van der Waals surface area (Å²) in [6.07, 6.45) is 2.88. The number of amides is 3. The standard InChI is InChI=1S/C36H51FN8O9/c1-50-32-7-6-26(23-29(32)37)31(24-34(47)48)45-13-12-44(36(45)49)11-3-5-30-28(22-27-4-2-9-39-35(27)42-30)25-40-33(46)8-14-51-16-18-53-20-21-54-19-17-52-15-10-41-43-38/h6-7,22-23,31H,2-5,8-21,24-25H2,1H3,(H,39,42)(H,40,46)(H,47,48)/t31-/m0/s1. The molecule has 2 aliphatic rings. The van der Waals surface area contributed by atoms with Crippen LogP contribution in [0.5, 0.6) is 5.75 Å². The van der Waals surface area contributed by atoms with Gasteiger partial charge in [0.2, 0.25) is 5.91 Å². The number of fused-ring (bicyclic) bond motifs is 1. The molecule has 17 nitrogen and oxygen atoms in total. The van der Waals surface area contributed by atoms with Crippen molar-refractivity contribution in [2.45, 2.75) is 51.1 Å². The van der Waals surface area contributed by atoms with Gasteiger partial charge >= 0.3 is 12.0 Å². The van der Waals surface area contributed by atoms with E-state index in [1.807, 2.05) is 0 Å². The first kappa shape index (κ1) is 42.0. The molecule has 3 heterocycles. The number of hydrogen-bond acceptors (Lipinski definition) is 11. The minimum absolute atomic E-state index is 0.0402. The Balaban J connectivity index is 1.19. The van der Waals surface area contributed by atoms with Gasteiger partial charge in [-0.15, -0.1) is 0 Å². The Bertz CT molecular complexity index is 1580. The molecule has 0 bridgehead atoms. The Hall–Kier alpha value is -4.74. The Morgan fingerprint density at radius 3 is 2.48 bits per heavy atom. The van der Waals surface area contributed by atoms with E-state index in [0.29, 0.717) is 97.4 Å². The number of aromatic nitrogens is 1. The quantitative estimate of drug-likeness (QED) is 0.0543. The number of rotatable bonds is 26. The van der Waals surface area contributed by atoms with E-state index in [0.717, 1.165) is 42.0 Å². The average Bonchev–Trinajstić information content (AvgIpc) is 3.53. The number of carbonyl (C=O) groups is 3. The summed E-state index contributed by atoms with van der Waals surface area (Å²) in [6.45, 7) is 5.55. The Morgan fingerprint density at radius 2 is 1.80 bits per heavy atom. The second-order valence-electron chi connectivity index (χ2n) is 12.6. The van der Waals surface area contributed by atoms with Crippen LogP contribution in [0.3, 0.4) is 0 Å². The average molecular weight is 759 g/mol. The zero-order valence-electron chi connectivity index (χ0n) is 30.8. The van der Waals surface area contributed by atoms with E-state index in [1.165, 1.54) is 24.1 Å². The number of methoxy groups -OCH3 is 1. The molecule has 3 N–H and O–H groups in total. The first-order valence-corrected chi connectivity index (χ1v) is 18.3. The van der Waals surface area contributed by atoms with Crippen molar-refractivity contribution in [2.75, 3.05) is 98.0 Å². The van der Waals surface area contributed by atoms with Crippen LogP contribution in [0.4, 0.5) is 15.0 Å². The molecule has 1 atom stereocenters. The molecule has 0 spiro atoms. The molecular weight excluding hydrogens is 707 g/mol. The number of carbonyl (C=O) groups excluding carboxylic acids is 2. The van der Waals surface area contributed by atoms with Crippen LogP contribution in [0, 0.1) is 5.82 Å². The summed E-state index contributed by atoms with van der Waals surface area (Å²) in [4.78, 5) is 48.6. The highest BCUT2D eigenvalue weighted by atomic mass is 19.1. The molecule has 296 valence electrons. The van der Waals surface area contributed by atoms with Crippen molar-refractivity contribution in [3.8, 4) is 5.75 Å². The minimum atomic E-state index is -1.09. The van der Waals surface area contributed by atoms with Gasteiger partial charge in [-0.1, -0.05) is 11.2 Å². The second kappa shape index (κ2) is 23.1. The molecule has 2 aliphatic heterocycles. The van der Waals surface area contributed by atoms with Gasteiger partial charge in [0.1, 0.15) is 5.82 Å². The van der Waals surface area contributed by atoms with Crippen molar-refractivity contribution < 1.29 is 47.6 Å². The summed E-state index contributed by atoms with van der Waals surface area (Å²) in [5, 5.41) is 19.3. The predicted molar refractivity (Wildman–Crippen MR) is 195 cm³/mol. The molecule has 3 amide bonds. The number of urea groups is 1. The number of nitrogens with one attached hydrogen (secondary N) is 2. The summed E-state index contributed by atoms with van der Waals surface area (Å²) < 4.78 is 41.2. The molecule has 4 rings (SSSR count). The zero-order valence-corrected chi connectivity index (χ0v) is 30.8. The smallest absolute Gasteiger partial charge is 0.320 e. The topological polar surface area (TPSA) is 210 Å². The van der Waals surface area contributed by atoms with Crippen LogP contribution in [0.25, 0.3) is 10.4 Å². The van der Waals surface area contributed by atoms with Gasteiger partial charge in [-0.3, -0.25) is 9.59 Å². The molecule has 0 unspecified atom stereocenters. The third kappa shape index (κ3) is 13.6. The molecule has 1 fully saturated rings. The van der Waals surface area contributed by atoms with E-state index in [1.54, 1.807) is 11.0 Å². The molecule has 0 aliphatic carbocycles. The fourth-order valence-electron chi connectivity index (χ4n) is 6.20. The van der Waals surface area contributed by atoms with Gasteiger partial charge in [0.25, 0.3) is 0 Å². The van der Waals surface area contributed by atoms with E-state index in [4.69, 9.17) is 34.2 Å². The van der Waals surface area contributed by atoms with Crippen LogP contribution < -0.4 is 15.4 Å².